The Morgan fingerprint density at radius 3 is 2.66 bits per heavy atom. The zero-order chi connectivity index (χ0) is 22.5. The average Bonchev–Trinajstić information content (AvgIpc) is 3.27. The summed E-state index contributed by atoms with van der Waals surface area (Å²) in [5.74, 6) is -0.335. The summed E-state index contributed by atoms with van der Waals surface area (Å²) in [4.78, 5) is 19.1. The summed E-state index contributed by atoms with van der Waals surface area (Å²) in [6.07, 6.45) is 3.30. The van der Waals surface area contributed by atoms with Crippen LogP contribution in [0.5, 0.6) is 0 Å². The smallest absolute Gasteiger partial charge is 0.233 e. The van der Waals surface area contributed by atoms with Crippen LogP contribution >= 0.6 is 11.8 Å². The van der Waals surface area contributed by atoms with Crippen molar-refractivity contribution in [1.82, 2.24) is 24.6 Å². The molecule has 2 aromatic carbocycles. The lowest BCUT2D eigenvalue weighted by Crippen LogP contribution is -2.33. The highest BCUT2D eigenvalue weighted by Crippen LogP contribution is 2.28. The van der Waals surface area contributed by atoms with E-state index in [0.29, 0.717) is 16.4 Å². The number of aromatic nitrogens is 4. The number of carbonyl (C=O) groups is 1. The molecule has 1 unspecified atom stereocenters. The van der Waals surface area contributed by atoms with E-state index in [1.165, 1.54) is 23.9 Å². The second-order valence-corrected chi connectivity index (χ2v) is 8.27. The van der Waals surface area contributed by atoms with E-state index in [9.17, 15) is 9.18 Å². The molecule has 8 heteroatoms. The van der Waals surface area contributed by atoms with Crippen LogP contribution in [0.3, 0.4) is 0 Å². The summed E-state index contributed by atoms with van der Waals surface area (Å²) in [6, 6.07) is 19.2. The molecule has 0 saturated carbocycles. The monoisotopic (exact) mass is 447 g/mol. The van der Waals surface area contributed by atoms with Gasteiger partial charge < -0.3 is 4.90 Å². The normalized spacial score (nSPS) is 11.8. The van der Waals surface area contributed by atoms with Gasteiger partial charge in [0.1, 0.15) is 12.1 Å². The van der Waals surface area contributed by atoms with Crippen LogP contribution in [0.25, 0.3) is 5.69 Å². The van der Waals surface area contributed by atoms with E-state index in [2.05, 4.69) is 15.2 Å². The van der Waals surface area contributed by atoms with E-state index in [1.54, 1.807) is 36.6 Å². The van der Waals surface area contributed by atoms with E-state index in [-0.39, 0.29) is 17.5 Å². The van der Waals surface area contributed by atoms with Gasteiger partial charge in [-0.3, -0.25) is 14.3 Å². The van der Waals surface area contributed by atoms with E-state index >= 15 is 0 Å². The largest absolute Gasteiger partial charge is 0.332 e. The first-order valence-corrected chi connectivity index (χ1v) is 11.0. The summed E-state index contributed by atoms with van der Waals surface area (Å²) in [5, 5.41) is 8.78. The lowest BCUT2D eigenvalue weighted by Gasteiger charge is -2.28. The van der Waals surface area contributed by atoms with Crippen LogP contribution < -0.4 is 0 Å². The number of benzene rings is 2. The molecule has 0 N–H and O–H groups in total. The molecule has 1 atom stereocenters. The van der Waals surface area contributed by atoms with Gasteiger partial charge in [0, 0.05) is 18.9 Å². The Labute approximate surface area is 190 Å². The highest BCUT2D eigenvalue weighted by atomic mass is 32.2. The van der Waals surface area contributed by atoms with Crippen molar-refractivity contribution in [2.45, 2.75) is 18.1 Å². The Morgan fingerprint density at radius 1 is 1.12 bits per heavy atom. The molecule has 0 aliphatic heterocycles. The molecule has 6 nitrogen and oxygen atoms in total. The third-order valence-electron chi connectivity index (χ3n) is 5.07. The van der Waals surface area contributed by atoms with E-state index in [0.717, 1.165) is 11.3 Å². The Hall–Kier alpha value is -3.52. The van der Waals surface area contributed by atoms with Crippen molar-refractivity contribution in [2.24, 2.45) is 0 Å². The number of carbonyl (C=O) groups excluding carboxylic acids is 1. The standard InChI is InChI=1S/C24H22FN5OS/c1-17-9-11-20(12-10-17)30-16-27-28-24(30)32-15-22(31)29(2)23(21-8-3-4-13-26-21)18-6-5-7-19(25)14-18/h3-14,16,23H,15H2,1-2H3. The van der Waals surface area contributed by atoms with Crippen molar-refractivity contribution < 1.29 is 9.18 Å². The molecule has 0 aliphatic rings. The maximum Gasteiger partial charge on any atom is 0.233 e. The first kappa shape index (κ1) is 21.7. The molecular formula is C24H22FN5OS. The first-order chi connectivity index (χ1) is 15.5. The third-order valence-corrected chi connectivity index (χ3v) is 5.99. The fourth-order valence-electron chi connectivity index (χ4n) is 3.38. The van der Waals surface area contributed by atoms with Crippen molar-refractivity contribution in [3.8, 4) is 5.69 Å². The molecule has 162 valence electrons. The number of halogens is 1. The van der Waals surface area contributed by atoms with Gasteiger partial charge in [-0.1, -0.05) is 47.7 Å². The lowest BCUT2D eigenvalue weighted by atomic mass is 10.0. The maximum absolute atomic E-state index is 13.9. The van der Waals surface area contributed by atoms with Gasteiger partial charge in [-0.05, 0) is 48.9 Å². The summed E-state index contributed by atoms with van der Waals surface area (Å²) in [6.45, 7) is 2.02. The molecule has 0 radical (unpaired) electrons. The fourth-order valence-corrected chi connectivity index (χ4v) is 4.24. The lowest BCUT2D eigenvalue weighted by molar-refractivity contribution is -0.128. The number of hydrogen-bond donors (Lipinski definition) is 0. The van der Waals surface area contributed by atoms with Gasteiger partial charge in [-0.25, -0.2) is 4.39 Å². The first-order valence-electron chi connectivity index (χ1n) is 10.0. The second kappa shape index (κ2) is 9.74. The minimum absolute atomic E-state index is 0.131. The predicted molar refractivity (Wildman–Crippen MR) is 122 cm³/mol. The highest BCUT2D eigenvalue weighted by Gasteiger charge is 2.25. The minimum Gasteiger partial charge on any atom is -0.332 e. The number of hydrogen-bond acceptors (Lipinski definition) is 5. The molecule has 0 fully saturated rings. The van der Waals surface area contributed by atoms with Gasteiger partial charge in [0.25, 0.3) is 0 Å². The van der Waals surface area contributed by atoms with Crippen LogP contribution in [0.2, 0.25) is 0 Å². The van der Waals surface area contributed by atoms with Crippen LogP contribution in [0.1, 0.15) is 22.9 Å². The van der Waals surface area contributed by atoms with E-state index in [1.807, 2.05) is 54.0 Å². The molecule has 1 amide bonds. The Balaban J connectivity index is 1.53. The van der Waals surface area contributed by atoms with Gasteiger partial charge in [0.2, 0.25) is 5.91 Å². The summed E-state index contributed by atoms with van der Waals surface area (Å²) < 4.78 is 15.8. The molecule has 0 saturated heterocycles. The average molecular weight is 448 g/mol. The number of amides is 1. The van der Waals surface area contributed by atoms with Gasteiger partial charge in [-0.15, -0.1) is 10.2 Å². The number of aryl methyl sites for hydroxylation is 1. The topological polar surface area (TPSA) is 63.9 Å². The fraction of sp³-hybridized carbons (Fsp3) is 0.167. The number of rotatable bonds is 7. The number of nitrogens with zero attached hydrogens (tertiary/aromatic N) is 5. The molecule has 0 bridgehead atoms. The molecule has 2 aromatic heterocycles. The Morgan fingerprint density at radius 2 is 1.94 bits per heavy atom. The minimum atomic E-state index is -0.505. The zero-order valence-electron chi connectivity index (χ0n) is 17.7. The number of pyridine rings is 1. The summed E-state index contributed by atoms with van der Waals surface area (Å²) >= 11 is 1.30. The summed E-state index contributed by atoms with van der Waals surface area (Å²) in [7, 11) is 1.71. The Bertz CT molecular complexity index is 1200. The molecule has 0 spiro atoms. The van der Waals surface area contributed by atoms with E-state index < -0.39 is 6.04 Å². The third kappa shape index (κ3) is 4.86. The van der Waals surface area contributed by atoms with Crippen molar-refractivity contribution in [3.05, 3.63) is 102 Å². The molecule has 2 heterocycles. The van der Waals surface area contributed by atoms with Crippen molar-refractivity contribution in [3.63, 3.8) is 0 Å². The molecular weight excluding hydrogens is 425 g/mol. The summed E-state index contributed by atoms with van der Waals surface area (Å²) in [5.41, 5.74) is 3.41. The van der Waals surface area contributed by atoms with Crippen LogP contribution in [-0.2, 0) is 4.79 Å². The van der Waals surface area contributed by atoms with Gasteiger partial charge in [-0.2, -0.15) is 0 Å². The molecule has 0 aliphatic carbocycles. The SMILES string of the molecule is Cc1ccc(-n2cnnc2SCC(=O)N(C)C(c2cccc(F)c2)c2ccccn2)cc1. The molecule has 32 heavy (non-hydrogen) atoms. The number of thioether (sulfide) groups is 1. The second-order valence-electron chi connectivity index (χ2n) is 7.32. The highest BCUT2D eigenvalue weighted by molar-refractivity contribution is 7.99. The molecule has 4 rings (SSSR count). The Kier molecular flexibility index (Phi) is 6.61. The quantitative estimate of drug-likeness (QED) is 0.392. The van der Waals surface area contributed by atoms with Gasteiger partial charge >= 0.3 is 0 Å². The molecule has 4 aromatic rings. The van der Waals surface area contributed by atoms with Crippen LogP contribution in [-0.4, -0.2) is 43.4 Å². The van der Waals surface area contributed by atoms with Crippen molar-refractivity contribution in [2.75, 3.05) is 12.8 Å². The van der Waals surface area contributed by atoms with Gasteiger partial charge in [0.15, 0.2) is 5.16 Å². The van der Waals surface area contributed by atoms with E-state index in [4.69, 9.17) is 0 Å². The van der Waals surface area contributed by atoms with Crippen LogP contribution in [0.4, 0.5) is 4.39 Å². The van der Waals surface area contributed by atoms with Gasteiger partial charge in [0.05, 0.1) is 17.5 Å². The predicted octanol–water partition coefficient (Wildman–Crippen LogP) is 4.45. The van der Waals surface area contributed by atoms with Crippen LogP contribution in [0, 0.1) is 12.7 Å². The van der Waals surface area contributed by atoms with Crippen molar-refractivity contribution in [1.29, 1.82) is 0 Å². The van der Waals surface area contributed by atoms with Crippen molar-refractivity contribution >= 4 is 17.7 Å². The van der Waals surface area contributed by atoms with Crippen LogP contribution in [0.15, 0.2) is 84.4 Å². The zero-order valence-corrected chi connectivity index (χ0v) is 18.5. The maximum atomic E-state index is 13.9.